The van der Waals surface area contributed by atoms with Crippen molar-refractivity contribution in [3.8, 4) is 6.07 Å². The Morgan fingerprint density at radius 1 is 1.08 bits per heavy atom. The molecule has 3 rings (SSSR count). The van der Waals surface area contributed by atoms with Crippen molar-refractivity contribution in [1.29, 1.82) is 5.26 Å². The van der Waals surface area contributed by atoms with Crippen LogP contribution < -0.4 is 15.5 Å². The molecule has 0 radical (unpaired) electrons. The Balaban J connectivity index is 1.61. The van der Waals surface area contributed by atoms with Crippen LogP contribution in [0.1, 0.15) is 43.4 Å². The number of hydrogen-bond acceptors (Lipinski definition) is 5. The predicted octanol–water partition coefficient (Wildman–Crippen LogP) is 6.67. The lowest BCUT2D eigenvalue weighted by molar-refractivity contribution is 0.116. The second-order valence-corrected chi connectivity index (χ2v) is 9.16. The van der Waals surface area contributed by atoms with Crippen LogP contribution in [0.3, 0.4) is 0 Å². The normalized spacial score (nSPS) is 13.6. The van der Waals surface area contributed by atoms with Crippen LogP contribution in [-0.2, 0) is 4.74 Å². The monoisotopic (exact) mass is 485 g/mol. The summed E-state index contributed by atoms with van der Waals surface area (Å²) in [6.45, 7) is 19.3. The third kappa shape index (κ3) is 5.96. The first-order valence-corrected chi connectivity index (χ1v) is 12.0. The van der Waals surface area contributed by atoms with Gasteiger partial charge >= 0.3 is 6.03 Å². The summed E-state index contributed by atoms with van der Waals surface area (Å²) in [5.41, 5.74) is 7.56. The smallest absolute Gasteiger partial charge is 0.330 e. The second-order valence-electron chi connectivity index (χ2n) is 9.16. The van der Waals surface area contributed by atoms with Gasteiger partial charge < -0.3 is 15.4 Å². The van der Waals surface area contributed by atoms with E-state index in [4.69, 9.17) is 10.00 Å². The Hall–Kier alpha value is -4.02. The molecule has 1 aliphatic rings. The molecule has 0 fully saturated rings. The highest BCUT2D eigenvalue weighted by molar-refractivity contribution is 6.04. The highest BCUT2D eigenvalue weighted by Crippen LogP contribution is 2.37. The molecule has 0 aromatic heterocycles. The van der Waals surface area contributed by atoms with Crippen LogP contribution >= 0.6 is 0 Å². The number of ether oxygens (including phenoxy) is 1. The molecule has 0 saturated heterocycles. The fourth-order valence-electron chi connectivity index (χ4n) is 4.45. The van der Waals surface area contributed by atoms with E-state index in [9.17, 15) is 4.79 Å². The van der Waals surface area contributed by atoms with Crippen molar-refractivity contribution in [3.63, 3.8) is 0 Å². The number of aryl methyl sites for hydroxylation is 1. The van der Waals surface area contributed by atoms with Crippen molar-refractivity contribution in [1.82, 2.24) is 4.90 Å². The molecule has 7 nitrogen and oxygen atoms in total. The third-order valence-corrected chi connectivity index (χ3v) is 6.14. The van der Waals surface area contributed by atoms with Crippen LogP contribution in [0.4, 0.5) is 21.9 Å². The minimum absolute atomic E-state index is 0.138. The molecule has 0 spiro atoms. The number of rotatable bonds is 11. The number of fused-ring (bicyclic) bond motifs is 1. The number of benzene rings is 2. The van der Waals surface area contributed by atoms with E-state index < -0.39 is 0 Å². The molecular weight excluding hydrogens is 450 g/mol. The van der Waals surface area contributed by atoms with Gasteiger partial charge in [0.05, 0.1) is 23.0 Å². The lowest BCUT2D eigenvalue weighted by Gasteiger charge is -2.37. The Labute approximate surface area is 214 Å². The summed E-state index contributed by atoms with van der Waals surface area (Å²) in [7, 11) is 1.56. The number of allylic oxidation sites excluding steroid dienone is 2. The average Bonchev–Trinajstić information content (AvgIpc) is 2.82. The first kappa shape index (κ1) is 26.6. The van der Waals surface area contributed by atoms with E-state index in [-0.39, 0.29) is 12.8 Å². The predicted molar refractivity (Wildman–Crippen MR) is 147 cm³/mol. The highest BCUT2D eigenvalue weighted by Gasteiger charge is 2.32. The van der Waals surface area contributed by atoms with Crippen molar-refractivity contribution >= 4 is 28.8 Å². The summed E-state index contributed by atoms with van der Waals surface area (Å²) in [6, 6.07) is 13.6. The molecule has 7 heteroatoms. The number of carbonyl (C=O) groups is 1. The summed E-state index contributed by atoms with van der Waals surface area (Å²) in [5.74, 6) is 0.308. The summed E-state index contributed by atoms with van der Waals surface area (Å²) >= 11 is 0. The van der Waals surface area contributed by atoms with Crippen LogP contribution in [0.25, 0.3) is 5.70 Å². The average molecular weight is 486 g/mol. The van der Waals surface area contributed by atoms with Crippen LogP contribution in [0.15, 0.2) is 67.5 Å². The largest absolute Gasteiger partial charge is 0.364 e. The van der Waals surface area contributed by atoms with E-state index >= 15 is 0 Å². The standard InChI is InChI=1S/C29H35N5O2/c1-8-33-28-12-11-26(16-27(28)23(6)34(18-36-7)29(33)35)32-22(5)14-19(2)13-21(4)31-25-10-9-24(17-30)20(3)15-25/h9-12,15-16,19,31-32H,4-6,8,13-14,18H2,1-3,7H3. The maximum Gasteiger partial charge on any atom is 0.330 e. The maximum atomic E-state index is 12.8. The van der Waals surface area contributed by atoms with Gasteiger partial charge in [0.2, 0.25) is 0 Å². The van der Waals surface area contributed by atoms with Crippen molar-refractivity contribution in [3.05, 3.63) is 84.2 Å². The van der Waals surface area contributed by atoms with Gasteiger partial charge in [-0.2, -0.15) is 5.26 Å². The molecule has 2 aromatic carbocycles. The Morgan fingerprint density at radius 2 is 1.69 bits per heavy atom. The SMILES string of the molecule is C=C(CC(C)CC(=C)Nc1ccc2c(c1)C(=C)N(COC)C(=O)N2CC)Nc1ccc(C#N)c(C)c1. The van der Waals surface area contributed by atoms with Gasteiger partial charge in [-0.15, -0.1) is 0 Å². The first-order chi connectivity index (χ1) is 17.2. The minimum atomic E-state index is -0.138. The topological polar surface area (TPSA) is 80.6 Å². The molecule has 1 unspecified atom stereocenters. The van der Waals surface area contributed by atoms with Gasteiger partial charge in [-0.3, -0.25) is 9.80 Å². The zero-order chi connectivity index (χ0) is 26.4. The number of nitrogens with one attached hydrogen (secondary N) is 2. The van der Waals surface area contributed by atoms with Gasteiger partial charge in [0.15, 0.2) is 0 Å². The zero-order valence-corrected chi connectivity index (χ0v) is 21.6. The van der Waals surface area contributed by atoms with Gasteiger partial charge in [0.25, 0.3) is 0 Å². The molecule has 2 amide bonds. The number of nitriles is 1. The molecule has 36 heavy (non-hydrogen) atoms. The number of methoxy groups -OCH3 is 1. The van der Waals surface area contributed by atoms with E-state index in [1.807, 2.05) is 50.2 Å². The quantitative estimate of drug-likeness (QED) is 0.371. The van der Waals surface area contributed by atoms with Crippen LogP contribution in [-0.4, -0.2) is 31.3 Å². The first-order valence-electron chi connectivity index (χ1n) is 12.0. The zero-order valence-electron chi connectivity index (χ0n) is 21.6. The number of anilines is 3. The van der Waals surface area contributed by atoms with Crippen molar-refractivity contribution < 1.29 is 9.53 Å². The lowest BCUT2D eigenvalue weighted by atomic mass is 9.99. The summed E-state index contributed by atoms with van der Waals surface area (Å²) in [5, 5.41) is 15.9. The van der Waals surface area contributed by atoms with Crippen LogP contribution in [0, 0.1) is 24.2 Å². The van der Waals surface area contributed by atoms with Crippen molar-refractivity contribution in [2.45, 2.75) is 33.6 Å². The van der Waals surface area contributed by atoms with E-state index in [0.29, 0.717) is 23.7 Å². The molecule has 1 aliphatic heterocycles. The molecule has 2 N–H and O–H groups in total. The van der Waals surface area contributed by atoms with Crippen LogP contribution in [0.5, 0.6) is 0 Å². The number of urea groups is 1. The number of hydrogen-bond donors (Lipinski definition) is 2. The Bertz CT molecular complexity index is 1230. The van der Waals surface area contributed by atoms with E-state index in [1.54, 1.807) is 16.9 Å². The molecule has 0 bridgehead atoms. The highest BCUT2D eigenvalue weighted by atomic mass is 16.5. The van der Waals surface area contributed by atoms with Gasteiger partial charge in [-0.05, 0) is 74.6 Å². The second kappa shape index (κ2) is 11.6. The fraction of sp³-hybridized carbons (Fsp3) is 0.310. The lowest BCUT2D eigenvalue weighted by Crippen LogP contribution is -2.46. The van der Waals surface area contributed by atoms with Crippen molar-refractivity contribution in [2.24, 2.45) is 5.92 Å². The fourth-order valence-corrected chi connectivity index (χ4v) is 4.45. The van der Waals surface area contributed by atoms with E-state index in [0.717, 1.165) is 52.4 Å². The Morgan fingerprint density at radius 3 is 2.25 bits per heavy atom. The van der Waals surface area contributed by atoms with E-state index in [2.05, 4.69) is 43.4 Å². The summed E-state index contributed by atoms with van der Waals surface area (Å²) < 4.78 is 5.22. The summed E-state index contributed by atoms with van der Waals surface area (Å²) in [6.07, 6.45) is 1.54. The molecule has 2 aromatic rings. The molecule has 1 heterocycles. The molecular formula is C29H35N5O2. The number of amides is 2. The molecule has 188 valence electrons. The minimum Gasteiger partial charge on any atom is -0.364 e. The molecule has 0 aliphatic carbocycles. The van der Waals surface area contributed by atoms with Gasteiger partial charge in [0.1, 0.15) is 6.73 Å². The summed E-state index contributed by atoms with van der Waals surface area (Å²) in [4.78, 5) is 16.1. The Kier molecular flexibility index (Phi) is 8.57. The van der Waals surface area contributed by atoms with Gasteiger partial charge in [-0.1, -0.05) is 26.7 Å². The molecule has 1 atom stereocenters. The number of nitrogens with zero attached hydrogens (tertiary/aromatic N) is 3. The van der Waals surface area contributed by atoms with E-state index in [1.165, 1.54) is 0 Å². The third-order valence-electron chi connectivity index (χ3n) is 6.14. The van der Waals surface area contributed by atoms with Crippen LogP contribution in [0.2, 0.25) is 0 Å². The number of carbonyl (C=O) groups excluding carboxylic acids is 1. The van der Waals surface area contributed by atoms with Crippen molar-refractivity contribution in [2.75, 3.05) is 35.9 Å². The van der Waals surface area contributed by atoms with Gasteiger partial charge in [0, 0.05) is 42.0 Å². The van der Waals surface area contributed by atoms with Gasteiger partial charge in [-0.25, -0.2) is 4.79 Å². The molecule has 0 saturated carbocycles. The maximum absolute atomic E-state index is 12.8.